The quantitative estimate of drug-likeness (QED) is 0.903. The minimum atomic E-state index is -3.78. The molecule has 0 unspecified atom stereocenters. The van der Waals surface area contributed by atoms with Gasteiger partial charge < -0.3 is 5.32 Å². The van der Waals surface area contributed by atoms with E-state index < -0.39 is 21.9 Å². The van der Waals surface area contributed by atoms with Crippen molar-refractivity contribution in [1.29, 1.82) is 0 Å². The van der Waals surface area contributed by atoms with Crippen LogP contribution in [0.1, 0.15) is 44.9 Å². The van der Waals surface area contributed by atoms with Crippen molar-refractivity contribution in [2.24, 2.45) is 0 Å². The van der Waals surface area contributed by atoms with Crippen molar-refractivity contribution < 1.29 is 17.6 Å². The van der Waals surface area contributed by atoms with E-state index in [0.29, 0.717) is 19.4 Å². The fraction of sp³-hybridized carbons (Fsp3) is 0.588. The van der Waals surface area contributed by atoms with Crippen molar-refractivity contribution in [3.8, 4) is 0 Å². The maximum Gasteiger partial charge on any atom is 0.243 e. The smallest absolute Gasteiger partial charge is 0.243 e. The number of amides is 1. The van der Waals surface area contributed by atoms with Crippen LogP contribution in [0.25, 0.3) is 0 Å². The van der Waals surface area contributed by atoms with Gasteiger partial charge in [-0.1, -0.05) is 19.3 Å². The van der Waals surface area contributed by atoms with Gasteiger partial charge in [-0.25, -0.2) is 12.8 Å². The fourth-order valence-corrected chi connectivity index (χ4v) is 5.23. The van der Waals surface area contributed by atoms with Gasteiger partial charge in [-0.2, -0.15) is 4.31 Å². The Labute approximate surface area is 142 Å². The molecule has 132 valence electrons. The van der Waals surface area contributed by atoms with E-state index in [0.717, 1.165) is 37.8 Å². The first-order chi connectivity index (χ1) is 11.5. The van der Waals surface area contributed by atoms with E-state index in [-0.39, 0.29) is 16.8 Å². The van der Waals surface area contributed by atoms with Crippen molar-refractivity contribution >= 4 is 15.9 Å². The zero-order valence-corrected chi connectivity index (χ0v) is 14.4. The molecule has 2 aliphatic rings. The van der Waals surface area contributed by atoms with E-state index >= 15 is 0 Å². The van der Waals surface area contributed by atoms with Crippen molar-refractivity contribution in [3.63, 3.8) is 0 Å². The largest absolute Gasteiger partial charge is 0.352 e. The van der Waals surface area contributed by atoms with Gasteiger partial charge in [0.05, 0.1) is 4.90 Å². The van der Waals surface area contributed by atoms with Crippen LogP contribution in [-0.2, 0) is 14.8 Å². The first-order valence-corrected chi connectivity index (χ1v) is 10.0. The summed E-state index contributed by atoms with van der Waals surface area (Å²) in [4.78, 5) is 12.6. The Morgan fingerprint density at radius 1 is 1.04 bits per heavy atom. The molecule has 1 atom stereocenters. The molecule has 7 heteroatoms. The molecule has 0 spiro atoms. The summed E-state index contributed by atoms with van der Waals surface area (Å²) < 4.78 is 39.9. The Hall–Kier alpha value is -1.47. The van der Waals surface area contributed by atoms with Crippen LogP contribution in [0.15, 0.2) is 29.2 Å². The van der Waals surface area contributed by atoms with E-state index in [4.69, 9.17) is 0 Å². The molecule has 1 aromatic carbocycles. The van der Waals surface area contributed by atoms with Crippen molar-refractivity contribution in [2.45, 2.75) is 61.9 Å². The number of hydrogen-bond donors (Lipinski definition) is 1. The van der Waals surface area contributed by atoms with E-state index in [1.165, 1.54) is 22.9 Å². The Morgan fingerprint density at radius 3 is 2.38 bits per heavy atom. The molecule has 1 amide bonds. The summed E-state index contributed by atoms with van der Waals surface area (Å²) in [6.45, 7) is 0.322. The number of halogens is 1. The number of sulfonamides is 1. The van der Waals surface area contributed by atoms with Gasteiger partial charge in [0.25, 0.3) is 0 Å². The monoisotopic (exact) mass is 354 g/mol. The van der Waals surface area contributed by atoms with Gasteiger partial charge in [0.1, 0.15) is 11.9 Å². The molecular weight excluding hydrogens is 331 g/mol. The zero-order chi connectivity index (χ0) is 17.2. The Bertz CT molecular complexity index is 684. The zero-order valence-electron chi connectivity index (χ0n) is 13.6. The van der Waals surface area contributed by atoms with Crippen LogP contribution < -0.4 is 5.32 Å². The molecule has 1 saturated heterocycles. The standard InChI is InChI=1S/C17H23FN2O3S/c18-13-8-10-15(11-9-13)24(22,23)20-12-4-7-16(20)17(21)19-14-5-2-1-3-6-14/h8-11,14,16H,1-7,12H2,(H,19,21)/t16-/m0/s1. The van der Waals surface area contributed by atoms with Crippen LogP contribution >= 0.6 is 0 Å². The lowest BCUT2D eigenvalue weighted by molar-refractivity contribution is -0.125. The highest BCUT2D eigenvalue weighted by Crippen LogP contribution is 2.27. The predicted molar refractivity (Wildman–Crippen MR) is 88.3 cm³/mol. The van der Waals surface area contributed by atoms with Crippen LogP contribution in [0.5, 0.6) is 0 Å². The SMILES string of the molecule is O=C(NC1CCCCC1)[C@@H]1CCCN1S(=O)(=O)c1ccc(F)cc1. The molecule has 1 saturated carbocycles. The van der Waals surface area contributed by atoms with Crippen molar-refractivity contribution in [3.05, 3.63) is 30.1 Å². The molecule has 1 aromatic rings. The van der Waals surface area contributed by atoms with Gasteiger partial charge in [0.2, 0.25) is 15.9 Å². The summed E-state index contributed by atoms with van der Waals surface area (Å²) in [5, 5.41) is 3.02. The van der Waals surface area contributed by atoms with E-state index in [1.807, 2.05) is 0 Å². The van der Waals surface area contributed by atoms with Gasteiger partial charge in [-0.05, 0) is 49.9 Å². The van der Waals surface area contributed by atoms with Crippen LogP contribution in [0.2, 0.25) is 0 Å². The third kappa shape index (κ3) is 3.62. The summed E-state index contributed by atoms with van der Waals surface area (Å²) in [6, 6.07) is 4.24. The average molecular weight is 354 g/mol. The second-order valence-corrected chi connectivity index (χ2v) is 8.46. The minimum Gasteiger partial charge on any atom is -0.352 e. The first kappa shape index (κ1) is 17.4. The predicted octanol–water partition coefficient (Wildman–Crippen LogP) is 2.43. The highest BCUT2D eigenvalue weighted by Gasteiger charge is 2.39. The van der Waals surface area contributed by atoms with Gasteiger partial charge >= 0.3 is 0 Å². The summed E-state index contributed by atoms with van der Waals surface area (Å²) in [5.41, 5.74) is 0. The van der Waals surface area contributed by atoms with Crippen LogP contribution in [0.3, 0.4) is 0 Å². The molecule has 24 heavy (non-hydrogen) atoms. The highest BCUT2D eigenvalue weighted by atomic mass is 32.2. The third-order valence-electron chi connectivity index (χ3n) is 4.88. The maximum absolute atomic E-state index is 13.0. The van der Waals surface area contributed by atoms with Crippen LogP contribution in [0, 0.1) is 5.82 Å². The van der Waals surface area contributed by atoms with Gasteiger partial charge in [-0.15, -0.1) is 0 Å². The lowest BCUT2D eigenvalue weighted by Gasteiger charge is -2.27. The molecule has 0 aromatic heterocycles. The topological polar surface area (TPSA) is 66.5 Å². The maximum atomic E-state index is 13.0. The second kappa shape index (κ2) is 7.19. The van der Waals surface area contributed by atoms with Crippen molar-refractivity contribution in [1.82, 2.24) is 9.62 Å². The molecule has 0 bridgehead atoms. The molecule has 0 radical (unpaired) electrons. The minimum absolute atomic E-state index is 0.0290. The first-order valence-electron chi connectivity index (χ1n) is 8.56. The molecule has 5 nitrogen and oxygen atoms in total. The Kier molecular flexibility index (Phi) is 5.20. The number of nitrogens with one attached hydrogen (secondary N) is 1. The van der Waals surface area contributed by atoms with Crippen LogP contribution in [-0.4, -0.2) is 37.3 Å². The van der Waals surface area contributed by atoms with Crippen molar-refractivity contribution in [2.75, 3.05) is 6.54 Å². The molecule has 1 heterocycles. The van der Waals surface area contributed by atoms with E-state index in [1.54, 1.807) is 0 Å². The fourth-order valence-electron chi connectivity index (χ4n) is 3.58. The number of benzene rings is 1. The number of hydrogen-bond acceptors (Lipinski definition) is 3. The Morgan fingerprint density at radius 2 is 1.71 bits per heavy atom. The lowest BCUT2D eigenvalue weighted by atomic mass is 9.95. The van der Waals surface area contributed by atoms with Crippen LogP contribution in [0.4, 0.5) is 4.39 Å². The molecule has 3 rings (SSSR count). The molecular formula is C17H23FN2O3S. The number of nitrogens with zero attached hydrogens (tertiary/aromatic N) is 1. The normalized spacial score (nSPS) is 23.3. The number of carbonyl (C=O) groups is 1. The van der Waals surface area contributed by atoms with E-state index in [9.17, 15) is 17.6 Å². The number of carbonyl (C=O) groups excluding carboxylic acids is 1. The summed E-state index contributed by atoms with van der Waals surface area (Å²) in [7, 11) is -3.78. The second-order valence-electron chi connectivity index (χ2n) is 6.57. The summed E-state index contributed by atoms with van der Waals surface area (Å²) in [6.07, 6.45) is 6.51. The summed E-state index contributed by atoms with van der Waals surface area (Å²) in [5.74, 6) is -0.688. The van der Waals surface area contributed by atoms with Gasteiger partial charge in [-0.3, -0.25) is 4.79 Å². The third-order valence-corrected chi connectivity index (χ3v) is 6.80. The molecule has 1 aliphatic heterocycles. The van der Waals surface area contributed by atoms with Gasteiger partial charge in [0.15, 0.2) is 0 Å². The lowest BCUT2D eigenvalue weighted by Crippen LogP contribution is -2.49. The molecule has 1 aliphatic carbocycles. The van der Waals surface area contributed by atoms with Gasteiger partial charge in [0, 0.05) is 12.6 Å². The Balaban J connectivity index is 1.74. The summed E-state index contributed by atoms with van der Waals surface area (Å²) >= 11 is 0. The van der Waals surface area contributed by atoms with E-state index in [2.05, 4.69) is 5.32 Å². The molecule has 2 fully saturated rings. The average Bonchev–Trinajstić information content (AvgIpc) is 3.07. The number of rotatable bonds is 4. The highest BCUT2D eigenvalue weighted by molar-refractivity contribution is 7.89. The molecule has 1 N–H and O–H groups in total.